The molecule has 11 heteroatoms. The van der Waals surface area contributed by atoms with Gasteiger partial charge in [-0.3, -0.25) is 19.7 Å². The Labute approximate surface area is 177 Å². The predicted molar refractivity (Wildman–Crippen MR) is 113 cm³/mol. The summed E-state index contributed by atoms with van der Waals surface area (Å²) in [6, 6.07) is 3.84. The second-order valence-electron chi connectivity index (χ2n) is 6.66. The second-order valence-corrected chi connectivity index (χ2v) is 8.27. The molecule has 0 saturated heterocycles. The highest BCUT2D eigenvalue weighted by Crippen LogP contribution is 2.26. The van der Waals surface area contributed by atoms with Crippen LogP contribution in [-0.2, 0) is 4.79 Å². The Hall–Kier alpha value is -2.56. The maximum absolute atomic E-state index is 12.9. The number of benzene rings is 1. The molecule has 0 aliphatic heterocycles. The molecule has 0 radical (unpaired) electrons. The molecule has 0 fully saturated rings. The summed E-state index contributed by atoms with van der Waals surface area (Å²) in [6.07, 6.45) is 0. The van der Waals surface area contributed by atoms with Crippen molar-refractivity contribution in [2.45, 2.75) is 13.8 Å². The molecule has 1 N–H and O–H groups in total. The number of nitrogens with one attached hydrogen (secondary N) is 1. The minimum absolute atomic E-state index is 0.0568. The second kappa shape index (κ2) is 9.77. The van der Waals surface area contributed by atoms with Crippen molar-refractivity contribution in [3.8, 4) is 0 Å². The van der Waals surface area contributed by atoms with Gasteiger partial charge in [0.25, 0.3) is 11.6 Å². The zero-order valence-corrected chi connectivity index (χ0v) is 18.1. The number of thiazole rings is 1. The Bertz CT molecular complexity index is 911. The smallest absolute Gasteiger partial charge is 0.288 e. The molecule has 0 saturated carbocycles. The zero-order valence-electron chi connectivity index (χ0n) is 16.6. The van der Waals surface area contributed by atoms with Gasteiger partial charge in [-0.05, 0) is 40.1 Å². The van der Waals surface area contributed by atoms with E-state index in [2.05, 4.69) is 10.3 Å². The fourth-order valence-corrected chi connectivity index (χ4v) is 3.42. The zero-order chi connectivity index (χ0) is 21.7. The van der Waals surface area contributed by atoms with E-state index in [9.17, 15) is 19.7 Å². The third-order valence-electron chi connectivity index (χ3n) is 4.10. The summed E-state index contributed by atoms with van der Waals surface area (Å²) in [5.74, 6) is -0.886. The van der Waals surface area contributed by atoms with Gasteiger partial charge in [0.15, 0.2) is 5.13 Å². The van der Waals surface area contributed by atoms with Gasteiger partial charge in [-0.2, -0.15) is 0 Å². The van der Waals surface area contributed by atoms with Crippen LogP contribution in [0.25, 0.3) is 0 Å². The molecular formula is C18H22ClN5O4S. The first-order chi connectivity index (χ1) is 13.6. The van der Waals surface area contributed by atoms with Crippen LogP contribution in [0.2, 0.25) is 5.02 Å². The van der Waals surface area contributed by atoms with E-state index in [-0.39, 0.29) is 29.4 Å². The lowest BCUT2D eigenvalue weighted by Gasteiger charge is -2.24. The lowest BCUT2D eigenvalue weighted by molar-refractivity contribution is -0.384. The molecule has 0 atom stereocenters. The molecule has 0 aliphatic rings. The van der Waals surface area contributed by atoms with Gasteiger partial charge in [-0.1, -0.05) is 11.6 Å². The van der Waals surface area contributed by atoms with Crippen molar-refractivity contribution >= 4 is 45.6 Å². The molecule has 1 heterocycles. The van der Waals surface area contributed by atoms with Crippen LogP contribution in [-0.4, -0.2) is 65.3 Å². The number of carbonyl (C=O) groups excluding carboxylic acids is 2. The molecule has 29 heavy (non-hydrogen) atoms. The van der Waals surface area contributed by atoms with Crippen molar-refractivity contribution in [2.24, 2.45) is 0 Å². The summed E-state index contributed by atoms with van der Waals surface area (Å²) >= 11 is 7.18. The maximum atomic E-state index is 12.9. The van der Waals surface area contributed by atoms with Crippen molar-refractivity contribution in [3.63, 3.8) is 0 Å². The average Bonchev–Trinajstić information content (AvgIpc) is 2.95. The van der Waals surface area contributed by atoms with Crippen LogP contribution in [0, 0.1) is 24.0 Å². The van der Waals surface area contributed by atoms with Gasteiger partial charge in [0.05, 0.1) is 10.6 Å². The molecule has 156 valence electrons. The van der Waals surface area contributed by atoms with Crippen LogP contribution >= 0.6 is 22.9 Å². The number of hydrogen-bond acceptors (Lipinski definition) is 7. The maximum Gasteiger partial charge on any atom is 0.288 e. The predicted octanol–water partition coefficient (Wildman–Crippen LogP) is 2.96. The fourth-order valence-electron chi connectivity index (χ4n) is 2.40. The van der Waals surface area contributed by atoms with Crippen molar-refractivity contribution in [1.29, 1.82) is 0 Å². The number of amides is 2. The number of halogens is 1. The lowest BCUT2D eigenvalue weighted by Crippen LogP contribution is -2.41. The standard InChI is InChI=1S/C18H22ClN5O4S/c1-11-12(2)29-18(20-11)21-16(25)10-23(8-7-22(3)4)17(26)13-5-6-14(19)15(9-13)24(27)28/h5-6,9H,7-8,10H2,1-4H3,(H,20,21,25). The summed E-state index contributed by atoms with van der Waals surface area (Å²) in [7, 11) is 3.69. The van der Waals surface area contributed by atoms with Crippen LogP contribution < -0.4 is 5.32 Å². The van der Waals surface area contributed by atoms with Gasteiger partial charge >= 0.3 is 0 Å². The Morgan fingerprint density at radius 3 is 2.52 bits per heavy atom. The first-order valence-corrected chi connectivity index (χ1v) is 9.89. The largest absolute Gasteiger partial charge is 0.328 e. The highest BCUT2D eigenvalue weighted by molar-refractivity contribution is 7.15. The molecule has 9 nitrogen and oxygen atoms in total. The number of anilines is 1. The normalized spacial score (nSPS) is 10.8. The van der Waals surface area contributed by atoms with E-state index in [1.165, 1.54) is 28.4 Å². The van der Waals surface area contributed by atoms with E-state index in [0.29, 0.717) is 11.7 Å². The molecule has 1 aromatic carbocycles. The number of aryl methyl sites for hydroxylation is 2. The van der Waals surface area contributed by atoms with E-state index in [4.69, 9.17) is 11.6 Å². The third kappa shape index (κ3) is 6.21. The number of likely N-dealkylation sites (N-methyl/N-ethyl adjacent to an activating group) is 1. The van der Waals surface area contributed by atoms with Gasteiger partial charge in [-0.25, -0.2) is 4.98 Å². The molecule has 0 unspecified atom stereocenters. The Morgan fingerprint density at radius 2 is 1.97 bits per heavy atom. The van der Waals surface area contributed by atoms with Gasteiger partial charge in [0.1, 0.15) is 11.6 Å². The highest BCUT2D eigenvalue weighted by atomic mass is 35.5. The number of nitro groups is 1. The molecular weight excluding hydrogens is 418 g/mol. The fraction of sp³-hybridized carbons (Fsp3) is 0.389. The van der Waals surface area contributed by atoms with Crippen molar-refractivity contribution in [1.82, 2.24) is 14.8 Å². The van der Waals surface area contributed by atoms with E-state index in [1.54, 1.807) is 0 Å². The quantitative estimate of drug-likeness (QED) is 0.500. The summed E-state index contributed by atoms with van der Waals surface area (Å²) < 4.78 is 0. The average molecular weight is 440 g/mol. The number of hydrogen-bond donors (Lipinski definition) is 1. The van der Waals surface area contributed by atoms with Crippen molar-refractivity contribution in [3.05, 3.63) is 49.5 Å². The van der Waals surface area contributed by atoms with E-state index < -0.39 is 16.7 Å². The number of carbonyl (C=O) groups is 2. The van der Waals surface area contributed by atoms with Crippen LogP contribution in [0.5, 0.6) is 0 Å². The van der Waals surface area contributed by atoms with Crippen molar-refractivity contribution < 1.29 is 14.5 Å². The van der Waals surface area contributed by atoms with Gasteiger partial charge < -0.3 is 15.1 Å². The minimum Gasteiger partial charge on any atom is -0.328 e. The van der Waals surface area contributed by atoms with Gasteiger partial charge in [-0.15, -0.1) is 11.3 Å². The first kappa shape index (κ1) is 22.7. The third-order valence-corrected chi connectivity index (χ3v) is 5.41. The number of rotatable bonds is 8. The molecule has 0 aliphatic carbocycles. The monoisotopic (exact) mass is 439 g/mol. The number of nitro benzene ring substituents is 1. The molecule has 2 rings (SSSR count). The number of aromatic nitrogens is 1. The number of nitrogens with zero attached hydrogens (tertiary/aromatic N) is 4. The SMILES string of the molecule is Cc1nc(NC(=O)CN(CCN(C)C)C(=O)c2ccc(Cl)c([N+](=O)[O-])c2)sc1C. The molecule has 2 amide bonds. The summed E-state index contributed by atoms with van der Waals surface area (Å²) in [5, 5.41) is 14.2. The Balaban J connectivity index is 2.20. The minimum atomic E-state index is -0.650. The van der Waals surface area contributed by atoms with E-state index >= 15 is 0 Å². The van der Waals surface area contributed by atoms with E-state index in [0.717, 1.165) is 16.6 Å². The molecule has 0 spiro atoms. The summed E-state index contributed by atoms with van der Waals surface area (Å²) in [6.45, 7) is 4.33. The molecule has 0 bridgehead atoms. The first-order valence-electron chi connectivity index (χ1n) is 8.70. The van der Waals surface area contributed by atoms with Gasteiger partial charge in [0.2, 0.25) is 5.91 Å². The summed E-state index contributed by atoms with van der Waals surface area (Å²) in [5.41, 5.74) is 0.566. The van der Waals surface area contributed by atoms with Crippen LogP contribution in [0.3, 0.4) is 0 Å². The van der Waals surface area contributed by atoms with Crippen LogP contribution in [0.4, 0.5) is 10.8 Å². The van der Waals surface area contributed by atoms with Crippen molar-refractivity contribution in [2.75, 3.05) is 39.0 Å². The highest BCUT2D eigenvalue weighted by Gasteiger charge is 2.23. The lowest BCUT2D eigenvalue weighted by atomic mass is 10.1. The topological polar surface area (TPSA) is 109 Å². The van der Waals surface area contributed by atoms with Gasteiger partial charge in [0, 0.05) is 29.6 Å². The van der Waals surface area contributed by atoms with Crippen LogP contribution in [0.15, 0.2) is 18.2 Å². The van der Waals surface area contributed by atoms with Crippen LogP contribution in [0.1, 0.15) is 20.9 Å². The van der Waals surface area contributed by atoms with E-state index in [1.807, 2.05) is 32.8 Å². The Morgan fingerprint density at radius 1 is 1.28 bits per heavy atom. The molecule has 1 aromatic heterocycles. The summed E-state index contributed by atoms with van der Waals surface area (Å²) in [4.78, 5) is 44.3. The molecule has 2 aromatic rings. The Kier molecular flexibility index (Phi) is 7.66.